The van der Waals surface area contributed by atoms with Crippen molar-refractivity contribution in [1.29, 1.82) is 0 Å². The average molecular weight is 305 g/mol. The summed E-state index contributed by atoms with van der Waals surface area (Å²) in [4.78, 5) is 0. The Morgan fingerprint density at radius 1 is 0.818 bits per heavy atom. The summed E-state index contributed by atoms with van der Waals surface area (Å²) in [6.45, 7) is 2.27. The number of hydrogen-bond acceptors (Lipinski definition) is 0. The molecule has 0 unspecified atom stereocenters. The van der Waals surface area contributed by atoms with Gasteiger partial charge in [0.25, 0.3) is 0 Å². The maximum absolute atomic E-state index is 3.35. The summed E-state index contributed by atoms with van der Waals surface area (Å²) in [5, 5.41) is 0. The molecule has 0 saturated carbocycles. The van der Waals surface area contributed by atoms with Crippen LogP contribution in [-0.2, 0) is 6.04 Å². The summed E-state index contributed by atoms with van der Waals surface area (Å²) in [6.07, 6.45) is 5.47. The third-order valence-corrected chi connectivity index (χ3v) is 4.99. The molecule has 2 radical (unpaired) electrons. The summed E-state index contributed by atoms with van der Waals surface area (Å²) >= 11 is 0. The van der Waals surface area contributed by atoms with Crippen LogP contribution in [0.3, 0.4) is 0 Å². The first-order valence-corrected chi connectivity index (χ1v) is 9.67. The maximum Gasteiger partial charge on any atom is 0.0429 e. The van der Waals surface area contributed by atoms with Crippen LogP contribution in [0.25, 0.3) is 0 Å². The molecule has 0 aliphatic heterocycles. The lowest BCUT2D eigenvalue weighted by Crippen LogP contribution is -1.99. The normalized spacial score (nSPS) is 10.0. The van der Waals surface area contributed by atoms with Gasteiger partial charge in [-0.3, -0.25) is 0 Å². The fourth-order valence-corrected chi connectivity index (χ4v) is 3.61. The second-order valence-electron chi connectivity index (χ2n) is 5.51. The lowest BCUT2D eigenvalue weighted by atomic mass is 10.1. The van der Waals surface area contributed by atoms with Crippen molar-refractivity contribution in [2.24, 2.45) is 0 Å². The standard InChI is InChI=1S/C21H24Si/c1-2-3-4-10-17-22-18-21-14-9-8-13-20(21)16-15-19-11-6-5-7-12-19/h5-9,11-14H,2-4,10,17-18H2,1H3. The number of hydrogen-bond donors (Lipinski definition) is 0. The van der Waals surface area contributed by atoms with E-state index in [2.05, 4.69) is 55.2 Å². The van der Waals surface area contributed by atoms with E-state index >= 15 is 0 Å². The fourth-order valence-electron chi connectivity index (χ4n) is 2.36. The predicted molar refractivity (Wildman–Crippen MR) is 97.3 cm³/mol. The Morgan fingerprint density at radius 3 is 2.41 bits per heavy atom. The van der Waals surface area contributed by atoms with Crippen LogP contribution >= 0.6 is 0 Å². The van der Waals surface area contributed by atoms with Gasteiger partial charge < -0.3 is 0 Å². The zero-order chi connectivity index (χ0) is 15.5. The molecule has 0 aliphatic carbocycles. The van der Waals surface area contributed by atoms with Crippen molar-refractivity contribution in [1.82, 2.24) is 0 Å². The van der Waals surface area contributed by atoms with Gasteiger partial charge >= 0.3 is 0 Å². The van der Waals surface area contributed by atoms with Gasteiger partial charge in [-0.2, -0.15) is 0 Å². The number of unbranched alkanes of at least 4 members (excludes halogenated alkanes) is 3. The molecule has 22 heavy (non-hydrogen) atoms. The van der Waals surface area contributed by atoms with Gasteiger partial charge in [0.1, 0.15) is 0 Å². The highest BCUT2D eigenvalue weighted by Crippen LogP contribution is 2.10. The second-order valence-corrected chi connectivity index (χ2v) is 6.86. The third kappa shape index (κ3) is 5.91. The van der Waals surface area contributed by atoms with E-state index in [0.717, 1.165) is 15.1 Å². The fraction of sp³-hybridized carbons (Fsp3) is 0.333. The molecule has 0 heterocycles. The first kappa shape index (κ1) is 16.6. The molecule has 2 rings (SSSR count). The highest BCUT2D eigenvalue weighted by Gasteiger charge is 2.00. The maximum atomic E-state index is 3.35. The van der Waals surface area contributed by atoms with Crippen molar-refractivity contribution >= 4 is 9.52 Å². The molecule has 0 aromatic heterocycles. The van der Waals surface area contributed by atoms with Crippen molar-refractivity contribution in [3.63, 3.8) is 0 Å². The Balaban J connectivity index is 1.91. The molecule has 0 aliphatic rings. The monoisotopic (exact) mass is 304 g/mol. The third-order valence-electron chi connectivity index (χ3n) is 3.66. The van der Waals surface area contributed by atoms with Crippen LogP contribution in [0.4, 0.5) is 0 Å². The van der Waals surface area contributed by atoms with Crippen molar-refractivity contribution in [3.05, 3.63) is 71.3 Å². The molecule has 0 fully saturated rings. The summed E-state index contributed by atoms with van der Waals surface area (Å²) in [5.41, 5.74) is 3.67. The minimum Gasteiger partial charge on any atom is -0.0654 e. The molecule has 0 bridgehead atoms. The van der Waals surface area contributed by atoms with Crippen LogP contribution in [0.1, 0.15) is 49.3 Å². The Kier molecular flexibility index (Phi) is 7.56. The topological polar surface area (TPSA) is 0 Å². The molecule has 1 heteroatoms. The Bertz CT molecular complexity index is 605. The van der Waals surface area contributed by atoms with E-state index in [1.54, 1.807) is 0 Å². The SMILES string of the molecule is CCCCCC[Si]Cc1ccccc1C#Cc1ccccc1. The van der Waals surface area contributed by atoms with Crippen molar-refractivity contribution < 1.29 is 0 Å². The van der Waals surface area contributed by atoms with Gasteiger partial charge in [0, 0.05) is 20.6 Å². The predicted octanol–water partition coefficient (Wildman–Crippen LogP) is 5.29. The quantitative estimate of drug-likeness (QED) is 0.370. The van der Waals surface area contributed by atoms with Gasteiger partial charge in [-0.05, 0) is 29.8 Å². The van der Waals surface area contributed by atoms with Crippen LogP contribution < -0.4 is 0 Å². The van der Waals surface area contributed by atoms with Crippen molar-refractivity contribution in [3.8, 4) is 11.8 Å². The highest BCUT2D eigenvalue weighted by molar-refractivity contribution is 6.34. The van der Waals surface area contributed by atoms with E-state index in [-0.39, 0.29) is 0 Å². The van der Waals surface area contributed by atoms with E-state index in [4.69, 9.17) is 0 Å². The highest BCUT2D eigenvalue weighted by atomic mass is 28.2. The van der Waals surface area contributed by atoms with Gasteiger partial charge in [-0.1, -0.05) is 86.9 Å². The zero-order valence-corrected chi connectivity index (χ0v) is 14.4. The first-order valence-electron chi connectivity index (χ1n) is 8.26. The van der Waals surface area contributed by atoms with Crippen LogP contribution in [0.2, 0.25) is 6.04 Å². The first-order chi connectivity index (χ1) is 10.9. The molecule has 2 aromatic rings. The molecule has 0 N–H and O–H groups in total. The van der Waals surface area contributed by atoms with E-state index in [9.17, 15) is 0 Å². The summed E-state index contributed by atoms with van der Waals surface area (Å²) in [7, 11) is 1.02. The second kappa shape index (κ2) is 10.0. The lowest BCUT2D eigenvalue weighted by molar-refractivity contribution is 0.700. The molecular formula is C21H24Si. The van der Waals surface area contributed by atoms with Gasteiger partial charge in [0.05, 0.1) is 0 Å². The molecule has 0 saturated heterocycles. The van der Waals surface area contributed by atoms with E-state index in [1.165, 1.54) is 48.9 Å². The number of rotatable bonds is 7. The lowest BCUT2D eigenvalue weighted by Gasteiger charge is -2.04. The zero-order valence-electron chi connectivity index (χ0n) is 13.4. The Morgan fingerprint density at radius 2 is 1.59 bits per heavy atom. The van der Waals surface area contributed by atoms with Crippen LogP contribution in [0.5, 0.6) is 0 Å². The van der Waals surface area contributed by atoms with Crippen LogP contribution in [0, 0.1) is 11.8 Å². The van der Waals surface area contributed by atoms with Crippen LogP contribution in [-0.4, -0.2) is 9.52 Å². The molecular weight excluding hydrogens is 280 g/mol. The molecule has 0 nitrogen and oxygen atoms in total. The van der Waals surface area contributed by atoms with Crippen molar-refractivity contribution in [2.45, 2.75) is 44.7 Å². The summed E-state index contributed by atoms with van der Waals surface area (Å²) in [6, 6.07) is 21.3. The van der Waals surface area contributed by atoms with E-state index in [1.807, 2.05) is 18.2 Å². The van der Waals surface area contributed by atoms with Crippen LogP contribution in [0.15, 0.2) is 54.6 Å². The largest absolute Gasteiger partial charge is 0.0654 e. The van der Waals surface area contributed by atoms with Gasteiger partial charge in [0.2, 0.25) is 0 Å². The molecule has 112 valence electrons. The average Bonchev–Trinajstić information content (AvgIpc) is 2.58. The Labute approximate surface area is 137 Å². The van der Waals surface area contributed by atoms with E-state index < -0.39 is 0 Å². The summed E-state index contributed by atoms with van der Waals surface area (Å²) in [5.74, 6) is 6.62. The number of benzene rings is 2. The van der Waals surface area contributed by atoms with Crippen molar-refractivity contribution in [2.75, 3.05) is 0 Å². The molecule has 0 amide bonds. The van der Waals surface area contributed by atoms with Gasteiger partial charge in [-0.25, -0.2) is 0 Å². The minimum absolute atomic E-state index is 1.02. The smallest absolute Gasteiger partial charge is 0.0429 e. The Hall–Kier alpha value is -1.78. The van der Waals surface area contributed by atoms with Gasteiger partial charge in [0.15, 0.2) is 0 Å². The van der Waals surface area contributed by atoms with Gasteiger partial charge in [-0.15, -0.1) is 0 Å². The minimum atomic E-state index is 1.02. The van der Waals surface area contributed by atoms with E-state index in [0.29, 0.717) is 0 Å². The molecule has 0 atom stereocenters. The molecule has 2 aromatic carbocycles. The summed E-state index contributed by atoms with van der Waals surface area (Å²) < 4.78 is 0. The molecule has 0 spiro atoms.